The van der Waals surface area contributed by atoms with Crippen LogP contribution >= 0.6 is 22.6 Å². The largest absolute Gasteiger partial charge is 0.507 e. The second-order valence-corrected chi connectivity index (χ2v) is 8.90. The molecule has 3 aromatic rings. The molecular formula is C25H21IN2O3. The van der Waals surface area contributed by atoms with Crippen molar-refractivity contribution in [2.75, 3.05) is 0 Å². The van der Waals surface area contributed by atoms with Gasteiger partial charge in [0.25, 0.3) is 11.7 Å². The summed E-state index contributed by atoms with van der Waals surface area (Å²) in [5.41, 5.74) is 4.12. The van der Waals surface area contributed by atoms with Crippen LogP contribution in [0, 0.1) is 17.4 Å². The topological polar surface area (TPSA) is 70.5 Å². The number of halogens is 1. The van der Waals surface area contributed by atoms with Gasteiger partial charge in [0, 0.05) is 28.1 Å². The molecule has 2 heterocycles. The summed E-state index contributed by atoms with van der Waals surface area (Å²) < 4.78 is 1.04. The first kappa shape index (κ1) is 21.2. The van der Waals surface area contributed by atoms with Crippen molar-refractivity contribution in [3.63, 3.8) is 0 Å². The van der Waals surface area contributed by atoms with Gasteiger partial charge in [-0.15, -0.1) is 0 Å². The van der Waals surface area contributed by atoms with Crippen molar-refractivity contribution in [1.82, 2.24) is 9.88 Å². The standard InChI is InChI=1S/C25H21IN2O3/c1-15-3-4-16(2)20(13-15)23(29)21-22(18-5-7-19(26)8-6-18)28(25(31)24(21)30)14-17-9-11-27-12-10-17/h3-13,22,29H,14H2,1-2H3/b23-21+. The number of hydrogen-bond acceptors (Lipinski definition) is 4. The quantitative estimate of drug-likeness (QED) is 0.228. The van der Waals surface area contributed by atoms with Crippen LogP contribution in [0.2, 0.25) is 0 Å². The molecule has 1 amide bonds. The Hall–Kier alpha value is -3.00. The maximum atomic E-state index is 13.1. The Balaban J connectivity index is 1.90. The van der Waals surface area contributed by atoms with Gasteiger partial charge < -0.3 is 10.0 Å². The Morgan fingerprint density at radius 1 is 1.03 bits per heavy atom. The lowest BCUT2D eigenvalue weighted by atomic mass is 9.93. The van der Waals surface area contributed by atoms with Crippen LogP contribution < -0.4 is 0 Å². The minimum absolute atomic E-state index is 0.119. The Morgan fingerprint density at radius 3 is 2.39 bits per heavy atom. The van der Waals surface area contributed by atoms with E-state index in [4.69, 9.17) is 0 Å². The number of rotatable bonds is 4. The van der Waals surface area contributed by atoms with Gasteiger partial charge in [0.15, 0.2) is 0 Å². The number of pyridine rings is 1. The van der Waals surface area contributed by atoms with Crippen LogP contribution in [-0.4, -0.2) is 26.7 Å². The molecule has 2 aromatic carbocycles. The van der Waals surface area contributed by atoms with Gasteiger partial charge >= 0.3 is 0 Å². The van der Waals surface area contributed by atoms with E-state index < -0.39 is 17.7 Å². The number of benzene rings is 2. The van der Waals surface area contributed by atoms with Gasteiger partial charge in [0.2, 0.25) is 0 Å². The van der Waals surface area contributed by atoms with E-state index >= 15 is 0 Å². The Bertz CT molecular complexity index is 1190. The smallest absolute Gasteiger partial charge is 0.295 e. The SMILES string of the molecule is Cc1ccc(C)c(/C(O)=C2\C(=O)C(=O)N(Cc3ccncc3)C2c2ccc(I)cc2)c1. The molecule has 0 bridgehead atoms. The van der Waals surface area contributed by atoms with Gasteiger partial charge in [-0.2, -0.15) is 0 Å². The predicted octanol–water partition coefficient (Wildman–Crippen LogP) is 4.92. The number of amides is 1. The van der Waals surface area contributed by atoms with E-state index in [-0.39, 0.29) is 17.9 Å². The molecule has 0 radical (unpaired) electrons. The molecular weight excluding hydrogens is 503 g/mol. The summed E-state index contributed by atoms with van der Waals surface area (Å²) >= 11 is 2.21. The van der Waals surface area contributed by atoms with Crippen molar-refractivity contribution in [3.8, 4) is 0 Å². The minimum Gasteiger partial charge on any atom is -0.507 e. The first-order chi connectivity index (χ1) is 14.9. The van der Waals surface area contributed by atoms with E-state index in [9.17, 15) is 14.7 Å². The fourth-order valence-corrected chi connectivity index (χ4v) is 4.22. The average molecular weight is 524 g/mol. The van der Waals surface area contributed by atoms with E-state index in [2.05, 4.69) is 27.6 Å². The van der Waals surface area contributed by atoms with Gasteiger partial charge in [-0.25, -0.2) is 0 Å². The normalized spacial score (nSPS) is 17.9. The summed E-state index contributed by atoms with van der Waals surface area (Å²) in [5.74, 6) is -1.43. The minimum atomic E-state index is -0.676. The lowest BCUT2D eigenvalue weighted by Crippen LogP contribution is -2.29. The summed E-state index contributed by atoms with van der Waals surface area (Å²) in [5, 5.41) is 11.3. The third-order valence-corrected chi connectivity index (χ3v) is 6.20. The predicted molar refractivity (Wildman–Crippen MR) is 127 cm³/mol. The summed E-state index contributed by atoms with van der Waals surface area (Å²) in [4.78, 5) is 31.8. The van der Waals surface area contributed by atoms with Gasteiger partial charge in [-0.3, -0.25) is 14.6 Å². The Labute approximate surface area is 194 Å². The number of carbonyl (C=O) groups is 2. The summed E-state index contributed by atoms with van der Waals surface area (Å²) in [6, 6.07) is 16.3. The van der Waals surface area contributed by atoms with E-state index in [1.54, 1.807) is 12.4 Å². The highest BCUT2D eigenvalue weighted by Gasteiger charge is 2.46. The molecule has 6 heteroatoms. The maximum Gasteiger partial charge on any atom is 0.295 e. The number of hydrogen-bond donors (Lipinski definition) is 1. The maximum absolute atomic E-state index is 13.1. The zero-order valence-corrected chi connectivity index (χ0v) is 19.3. The molecule has 4 rings (SSSR count). The third-order valence-electron chi connectivity index (χ3n) is 5.48. The highest BCUT2D eigenvalue weighted by atomic mass is 127. The lowest BCUT2D eigenvalue weighted by molar-refractivity contribution is -0.140. The molecule has 0 saturated carbocycles. The number of aromatic nitrogens is 1. The molecule has 1 saturated heterocycles. The van der Waals surface area contributed by atoms with Crippen LogP contribution in [0.3, 0.4) is 0 Å². The number of carbonyl (C=O) groups excluding carboxylic acids is 2. The molecule has 1 fully saturated rings. The monoisotopic (exact) mass is 524 g/mol. The van der Waals surface area contributed by atoms with Crippen molar-refractivity contribution in [3.05, 3.63) is 104 Å². The van der Waals surface area contributed by atoms with E-state index in [0.717, 1.165) is 25.8 Å². The fraction of sp³-hybridized carbons (Fsp3) is 0.160. The molecule has 31 heavy (non-hydrogen) atoms. The zero-order chi connectivity index (χ0) is 22.1. The van der Waals surface area contributed by atoms with E-state index in [1.165, 1.54) is 4.90 Å². The first-order valence-electron chi connectivity index (χ1n) is 9.87. The summed E-state index contributed by atoms with van der Waals surface area (Å²) in [6.07, 6.45) is 3.31. The van der Waals surface area contributed by atoms with Gasteiger partial charge in [-0.1, -0.05) is 29.8 Å². The number of Topliss-reactive ketones (excluding diaryl/α,β-unsaturated/α-hetero) is 1. The summed E-state index contributed by atoms with van der Waals surface area (Å²) in [6.45, 7) is 4.05. The number of aliphatic hydroxyl groups is 1. The van der Waals surface area contributed by atoms with Crippen molar-refractivity contribution in [2.24, 2.45) is 0 Å². The van der Waals surface area contributed by atoms with Crippen LogP contribution in [0.4, 0.5) is 0 Å². The number of ketones is 1. The number of likely N-dealkylation sites (tertiary alicyclic amines) is 1. The molecule has 1 aliphatic rings. The molecule has 1 unspecified atom stereocenters. The second kappa shape index (κ2) is 8.63. The molecule has 5 nitrogen and oxygen atoms in total. The zero-order valence-electron chi connectivity index (χ0n) is 17.2. The van der Waals surface area contributed by atoms with Crippen molar-refractivity contribution < 1.29 is 14.7 Å². The number of aryl methyl sites for hydroxylation is 2. The lowest BCUT2D eigenvalue weighted by Gasteiger charge is -2.25. The van der Waals surface area contributed by atoms with Crippen LogP contribution in [0.5, 0.6) is 0 Å². The molecule has 1 atom stereocenters. The number of nitrogens with zero attached hydrogens (tertiary/aromatic N) is 2. The van der Waals surface area contributed by atoms with Crippen molar-refractivity contribution in [1.29, 1.82) is 0 Å². The molecule has 1 aromatic heterocycles. The van der Waals surface area contributed by atoms with Gasteiger partial charge in [0.05, 0.1) is 11.6 Å². The highest BCUT2D eigenvalue weighted by Crippen LogP contribution is 2.40. The molecule has 0 spiro atoms. The van der Waals surface area contributed by atoms with Crippen LogP contribution in [-0.2, 0) is 16.1 Å². The fourth-order valence-electron chi connectivity index (χ4n) is 3.86. The molecule has 156 valence electrons. The molecule has 1 aliphatic heterocycles. The Morgan fingerprint density at radius 2 is 1.71 bits per heavy atom. The van der Waals surface area contributed by atoms with Gasteiger partial charge in [0.1, 0.15) is 5.76 Å². The number of aliphatic hydroxyl groups excluding tert-OH is 1. The van der Waals surface area contributed by atoms with E-state index in [1.807, 2.05) is 68.4 Å². The average Bonchev–Trinajstić information content (AvgIpc) is 3.01. The first-order valence-corrected chi connectivity index (χ1v) is 10.9. The third kappa shape index (κ3) is 4.12. The van der Waals surface area contributed by atoms with Crippen LogP contribution in [0.15, 0.2) is 72.6 Å². The molecule has 1 N–H and O–H groups in total. The van der Waals surface area contributed by atoms with Crippen molar-refractivity contribution >= 4 is 40.0 Å². The highest BCUT2D eigenvalue weighted by molar-refractivity contribution is 14.1. The van der Waals surface area contributed by atoms with E-state index in [0.29, 0.717) is 5.56 Å². The van der Waals surface area contributed by atoms with Crippen molar-refractivity contribution in [2.45, 2.75) is 26.4 Å². The Kier molecular flexibility index (Phi) is 5.91. The van der Waals surface area contributed by atoms with Gasteiger partial charge in [-0.05, 0) is 83.5 Å². The van der Waals surface area contributed by atoms with Crippen LogP contribution in [0.25, 0.3) is 5.76 Å². The van der Waals surface area contributed by atoms with Crippen LogP contribution in [0.1, 0.15) is 33.9 Å². The molecule has 0 aliphatic carbocycles. The second-order valence-electron chi connectivity index (χ2n) is 7.65. The summed E-state index contributed by atoms with van der Waals surface area (Å²) in [7, 11) is 0.